The summed E-state index contributed by atoms with van der Waals surface area (Å²) in [5.74, 6) is 1.03. The van der Waals surface area contributed by atoms with Gasteiger partial charge in [0.1, 0.15) is 5.75 Å². The second-order valence-electron chi connectivity index (χ2n) is 8.26. The lowest BCUT2D eigenvalue weighted by Crippen LogP contribution is -2.44. The molecular formula is C20H32N2O2. The maximum Gasteiger partial charge on any atom is 0.216 e. The van der Waals surface area contributed by atoms with E-state index >= 15 is 0 Å². The van der Waals surface area contributed by atoms with E-state index in [1.165, 1.54) is 11.1 Å². The summed E-state index contributed by atoms with van der Waals surface area (Å²) >= 11 is 0. The van der Waals surface area contributed by atoms with Crippen molar-refractivity contribution in [3.8, 4) is 5.75 Å². The van der Waals surface area contributed by atoms with Gasteiger partial charge in [-0.15, -0.1) is 0 Å². The van der Waals surface area contributed by atoms with Gasteiger partial charge in [-0.1, -0.05) is 32.9 Å². The van der Waals surface area contributed by atoms with Crippen molar-refractivity contribution in [3.63, 3.8) is 0 Å². The Bertz CT molecular complexity index is 577. The second kappa shape index (κ2) is 7.56. The van der Waals surface area contributed by atoms with Crippen LogP contribution in [-0.2, 0) is 16.8 Å². The highest BCUT2D eigenvalue weighted by Gasteiger charge is 2.33. The minimum atomic E-state index is -0.0717. The molecule has 1 aromatic carbocycles. The van der Waals surface area contributed by atoms with Gasteiger partial charge in [-0.25, -0.2) is 0 Å². The number of carbonyl (C=O) groups excluding carboxylic acids is 1. The molecule has 1 unspecified atom stereocenters. The van der Waals surface area contributed by atoms with Crippen molar-refractivity contribution in [2.45, 2.75) is 59.4 Å². The molecule has 4 nitrogen and oxygen atoms in total. The van der Waals surface area contributed by atoms with Crippen LogP contribution in [0.15, 0.2) is 18.2 Å². The van der Waals surface area contributed by atoms with Gasteiger partial charge in [-0.3, -0.25) is 4.79 Å². The van der Waals surface area contributed by atoms with Crippen molar-refractivity contribution in [1.29, 1.82) is 0 Å². The van der Waals surface area contributed by atoms with Gasteiger partial charge < -0.3 is 15.4 Å². The molecule has 4 heteroatoms. The lowest BCUT2D eigenvalue weighted by Gasteiger charge is -2.37. The van der Waals surface area contributed by atoms with Crippen LogP contribution in [0.4, 0.5) is 0 Å². The molecule has 1 aliphatic heterocycles. The maximum atomic E-state index is 10.9. The topological polar surface area (TPSA) is 50.4 Å². The molecule has 0 fully saturated rings. The zero-order valence-electron chi connectivity index (χ0n) is 15.8. The highest BCUT2D eigenvalue weighted by Crippen LogP contribution is 2.38. The first-order valence-corrected chi connectivity index (χ1v) is 8.95. The molecule has 1 aliphatic rings. The average Bonchev–Trinajstić information content (AvgIpc) is 2.46. The minimum absolute atomic E-state index is 0.0319. The fourth-order valence-electron chi connectivity index (χ4n) is 3.26. The summed E-state index contributed by atoms with van der Waals surface area (Å²) in [6.45, 7) is 12.9. The first-order valence-electron chi connectivity index (χ1n) is 8.95. The van der Waals surface area contributed by atoms with Crippen molar-refractivity contribution in [2.75, 3.05) is 19.7 Å². The van der Waals surface area contributed by atoms with Gasteiger partial charge in [-0.2, -0.15) is 0 Å². The molecule has 0 aliphatic carbocycles. The fraction of sp³-hybridized carbons (Fsp3) is 0.650. The quantitative estimate of drug-likeness (QED) is 0.785. The van der Waals surface area contributed by atoms with Crippen LogP contribution < -0.4 is 15.4 Å². The molecule has 0 bridgehead atoms. The van der Waals surface area contributed by atoms with Crippen molar-refractivity contribution < 1.29 is 9.53 Å². The molecule has 0 spiro atoms. The maximum absolute atomic E-state index is 10.9. The number of benzene rings is 1. The molecule has 0 saturated heterocycles. The monoisotopic (exact) mass is 332 g/mol. The molecule has 1 aromatic rings. The molecule has 0 saturated carbocycles. The number of nitrogens with one attached hydrogen (secondary N) is 2. The molecule has 1 atom stereocenters. The van der Waals surface area contributed by atoms with Crippen LogP contribution in [0.25, 0.3) is 0 Å². The summed E-state index contributed by atoms with van der Waals surface area (Å²) in [5, 5.41) is 6.53. The number of amides is 1. The van der Waals surface area contributed by atoms with Crippen molar-refractivity contribution in [2.24, 2.45) is 5.41 Å². The molecule has 0 radical (unpaired) electrons. The van der Waals surface area contributed by atoms with Crippen LogP contribution >= 0.6 is 0 Å². The Kier molecular flexibility index (Phi) is 5.92. The number of ether oxygens (including phenoxy) is 1. The van der Waals surface area contributed by atoms with Crippen molar-refractivity contribution >= 4 is 5.91 Å². The third-order valence-corrected chi connectivity index (χ3v) is 4.48. The normalized spacial score (nSPS) is 20.2. The van der Waals surface area contributed by atoms with E-state index in [0.717, 1.165) is 38.2 Å². The smallest absolute Gasteiger partial charge is 0.216 e. The first-order chi connectivity index (χ1) is 11.2. The Morgan fingerprint density at radius 3 is 2.71 bits per heavy atom. The van der Waals surface area contributed by atoms with E-state index in [4.69, 9.17) is 4.74 Å². The van der Waals surface area contributed by atoms with Crippen LogP contribution in [-0.4, -0.2) is 25.6 Å². The fourth-order valence-corrected chi connectivity index (χ4v) is 3.26. The van der Waals surface area contributed by atoms with Crippen LogP contribution in [0.1, 0.15) is 58.6 Å². The van der Waals surface area contributed by atoms with Gasteiger partial charge in [0.15, 0.2) is 0 Å². The summed E-state index contributed by atoms with van der Waals surface area (Å²) in [6, 6.07) is 6.61. The van der Waals surface area contributed by atoms with E-state index in [9.17, 15) is 4.79 Å². The van der Waals surface area contributed by atoms with Crippen LogP contribution in [0.2, 0.25) is 0 Å². The van der Waals surface area contributed by atoms with Crippen molar-refractivity contribution in [1.82, 2.24) is 10.6 Å². The Morgan fingerprint density at radius 2 is 2.04 bits per heavy atom. The van der Waals surface area contributed by atoms with Crippen LogP contribution in [0.3, 0.4) is 0 Å². The standard InChI is InChI=1S/C20H32N2O2/c1-15(23)21-10-6-11-22-20(5)9-12-24-18-8-7-16(13-17(18)20)14-19(2,3)4/h7-8,13,22H,6,9-12,14H2,1-5H3,(H,21,23). The van der Waals surface area contributed by atoms with E-state index < -0.39 is 0 Å². The molecule has 2 N–H and O–H groups in total. The summed E-state index contributed by atoms with van der Waals surface area (Å²) in [5.41, 5.74) is 2.82. The molecular weight excluding hydrogens is 300 g/mol. The molecule has 0 aromatic heterocycles. The largest absolute Gasteiger partial charge is 0.493 e. The number of carbonyl (C=O) groups is 1. The second-order valence-corrected chi connectivity index (χ2v) is 8.26. The lowest BCUT2D eigenvalue weighted by molar-refractivity contribution is -0.118. The number of rotatable bonds is 6. The zero-order valence-corrected chi connectivity index (χ0v) is 15.8. The predicted octanol–water partition coefficient (Wildman–Crippen LogP) is 3.39. The van der Waals surface area contributed by atoms with Gasteiger partial charge >= 0.3 is 0 Å². The van der Waals surface area contributed by atoms with Crippen LogP contribution in [0, 0.1) is 5.41 Å². The Hall–Kier alpha value is -1.55. The lowest BCUT2D eigenvalue weighted by atomic mass is 9.82. The Balaban J connectivity index is 2.07. The summed E-state index contributed by atoms with van der Waals surface area (Å²) in [7, 11) is 0. The third-order valence-electron chi connectivity index (χ3n) is 4.48. The van der Waals surface area contributed by atoms with Gasteiger partial charge in [0, 0.05) is 31.0 Å². The van der Waals surface area contributed by atoms with Crippen molar-refractivity contribution in [3.05, 3.63) is 29.3 Å². The Morgan fingerprint density at radius 1 is 1.29 bits per heavy atom. The SMILES string of the molecule is CC(=O)NCCCNC1(C)CCOc2ccc(CC(C)(C)C)cc21. The minimum Gasteiger partial charge on any atom is -0.493 e. The molecule has 134 valence electrons. The van der Waals surface area contributed by atoms with E-state index in [1.54, 1.807) is 6.92 Å². The number of fused-ring (bicyclic) bond motifs is 1. The molecule has 24 heavy (non-hydrogen) atoms. The van der Waals surface area contributed by atoms with E-state index in [1.807, 2.05) is 0 Å². The molecule has 2 rings (SSSR count). The van der Waals surface area contributed by atoms with Gasteiger partial charge in [0.25, 0.3) is 0 Å². The zero-order chi connectivity index (χ0) is 17.8. The highest BCUT2D eigenvalue weighted by atomic mass is 16.5. The van der Waals surface area contributed by atoms with Gasteiger partial charge in [0.05, 0.1) is 6.61 Å². The highest BCUT2D eigenvalue weighted by molar-refractivity contribution is 5.72. The summed E-state index contributed by atoms with van der Waals surface area (Å²) in [4.78, 5) is 10.9. The Labute approximate surface area is 146 Å². The van der Waals surface area contributed by atoms with Gasteiger partial charge in [-0.05, 0) is 43.4 Å². The van der Waals surface area contributed by atoms with E-state index in [0.29, 0.717) is 6.54 Å². The third kappa shape index (κ3) is 5.23. The number of hydrogen-bond donors (Lipinski definition) is 2. The van der Waals surface area contributed by atoms with Gasteiger partial charge in [0.2, 0.25) is 5.91 Å². The summed E-state index contributed by atoms with van der Waals surface area (Å²) < 4.78 is 5.87. The average molecular weight is 332 g/mol. The molecule has 1 heterocycles. The number of hydrogen-bond acceptors (Lipinski definition) is 3. The first kappa shape index (κ1) is 18.8. The van der Waals surface area contributed by atoms with E-state index in [2.05, 4.69) is 56.5 Å². The summed E-state index contributed by atoms with van der Waals surface area (Å²) in [6.07, 6.45) is 2.94. The van der Waals surface area contributed by atoms with E-state index in [-0.39, 0.29) is 16.9 Å². The molecule has 1 amide bonds. The van der Waals surface area contributed by atoms with Crippen LogP contribution in [0.5, 0.6) is 5.75 Å². The predicted molar refractivity (Wildman–Crippen MR) is 98.4 cm³/mol.